The van der Waals surface area contributed by atoms with Gasteiger partial charge < -0.3 is 5.32 Å². The molecule has 0 heterocycles. The monoisotopic (exact) mass is 522 g/mol. The molecule has 0 saturated heterocycles. The fourth-order valence-corrected chi connectivity index (χ4v) is 1.13. The Morgan fingerprint density at radius 1 is 0.727 bits per heavy atom. The molecule has 2 rings (SSSR count). The van der Waals surface area contributed by atoms with Crippen LogP contribution in [0.25, 0.3) is 10.8 Å². The Balaban J connectivity index is -0.000000117. The quantitative estimate of drug-likeness (QED) is 0.475. The number of fused-ring (bicyclic) bond motifs is 1. The molecule has 1 radical (unpaired) electrons. The third-order valence-corrected chi connectivity index (χ3v) is 2.01. The minimum Gasteiger partial charge on any atom is -0.359 e. The zero-order chi connectivity index (χ0) is 17.1. The van der Waals surface area contributed by atoms with E-state index in [0.29, 0.717) is 0 Å². The first kappa shape index (κ1) is 29.3. The van der Waals surface area contributed by atoms with Gasteiger partial charge in [0.25, 0.3) is 0 Å². The second-order valence-corrected chi connectivity index (χ2v) is 3.15. The molecular formula is C19H33NOPa. The van der Waals surface area contributed by atoms with Crippen molar-refractivity contribution in [2.75, 3.05) is 7.05 Å². The summed E-state index contributed by atoms with van der Waals surface area (Å²) in [5.74, 6) is 0.00463. The summed E-state index contributed by atoms with van der Waals surface area (Å²) in [7, 11) is 1.60. The molecule has 0 aliphatic heterocycles. The van der Waals surface area contributed by atoms with E-state index in [9.17, 15) is 4.79 Å². The third-order valence-electron chi connectivity index (χ3n) is 2.01. The molecule has 0 bridgehead atoms. The number of hydrogen-bond donors (Lipinski definition) is 1. The Hall–Kier alpha value is -0.739. The first-order valence-electron chi connectivity index (χ1n) is 7.86. The van der Waals surface area contributed by atoms with Crippen molar-refractivity contribution in [3.8, 4) is 0 Å². The molecular weight excluding hydrogens is 489 g/mol. The third kappa shape index (κ3) is 17.3. The largest absolute Gasteiger partial charge is 0.359 e. The van der Waals surface area contributed by atoms with Crippen LogP contribution in [0.15, 0.2) is 48.5 Å². The van der Waals surface area contributed by atoms with Crippen molar-refractivity contribution in [1.82, 2.24) is 5.32 Å². The SMILES string of the molecule is CC.CC.CC.CNC(C)=O.[Pa].c1ccc2ccccc2c1. The fourth-order valence-electron chi connectivity index (χ4n) is 1.13. The van der Waals surface area contributed by atoms with Gasteiger partial charge in [0.05, 0.1) is 0 Å². The summed E-state index contributed by atoms with van der Waals surface area (Å²) in [6.07, 6.45) is 0. The first-order valence-corrected chi connectivity index (χ1v) is 7.86. The van der Waals surface area contributed by atoms with Crippen molar-refractivity contribution >= 4 is 16.7 Å². The normalized spacial score (nSPS) is 6.91. The predicted molar refractivity (Wildman–Crippen MR) is 97.7 cm³/mol. The summed E-state index contributed by atoms with van der Waals surface area (Å²) >= 11 is 0. The smallest absolute Gasteiger partial charge is 0.216 e. The molecule has 0 fully saturated rings. The molecule has 0 atom stereocenters. The molecule has 2 nitrogen and oxygen atoms in total. The molecule has 1 amide bonds. The van der Waals surface area contributed by atoms with Crippen LogP contribution in [-0.4, -0.2) is 13.0 Å². The second kappa shape index (κ2) is 25.2. The number of carbonyl (C=O) groups is 1. The maximum Gasteiger partial charge on any atom is 0.216 e. The van der Waals surface area contributed by atoms with Gasteiger partial charge in [-0.15, -0.1) is 0 Å². The Bertz CT molecular complexity index is 379. The fraction of sp³-hybridized carbons (Fsp3) is 0.421. The molecule has 0 aromatic heterocycles. The van der Waals surface area contributed by atoms with E-state index in [1.54, 1.807) is 7.05 Å². The Labute approximate surface area is 162 Å². The average Bonchev–Trinajstić information content (AvgIpc) is 2.61. The molecule has 1 N–H and O–H groups in total. The molecule has 123 valence electrons. The Kier molecular flexibility index (Phi) is 33.6. The van der Waals surface area contributed by atoms with Crippen molar-refractivity contribution in [1.29, 1.82) is 0 Å². The van der Waals surface area contributed by atoms with E-state index in [0.717, 1.165) is 0 Å². The van der Waals surface area contributed by atoms with E-state index in [4.69, 9.17) is 0 Å². The molecule has 2 aromatic carbocycles. The van der Waals surface area contributed by atoms with Crippen molar-refractivity contribution in [3.05, 3.63) is 48.5 Å². The van der Waals surface area contributed by atoms with Crippen LogP contribution < -0.4 is 5.32 Å². The van der Waals surface area contributed by atoms with Crippen LogP contribution >= 0.6 is 0 Å². The number of rotatable bonds is 0. The number of nitrogens with one attached hydrogen (secondary N) is 1. The van der Waals surface area contributed by atoms with Crippen LogP contribution in [0.2, 0.25) is 0 Å². The molecule has 0 spiro atoms. The predicted octanol–water partition coefficient (Wildman–Crippen LogP) is 5.67. The first-order chi connectivity index (χ1) is 10.2. The van der Waals surface area contributed by atoms with Gasteiger partial charge in [-0.2, -0.15) is 0 Å². The topological polar surface area (TPSA) is 29.1 Å². The second-order valence-electron chi connectivity index (χ2n) is 3.15. The van der Waals surface area contributed by atoms with E-state index in [-0.39, 0.29) is 38.2 Å². The van der Waals surface area contributed by atoms with Gasteiger partial charge in [0.2, 0.25) is 5.91 Å². The van der Waals surface area contributed by atoms with Crippen molar-refractivity contribution < 1.29 is 37.1 Å². The Morgan fingerprint density at radius 3 is 1.05 bits per heavy atom. The number of carbonyl (C=O) groups excluding carboxylic acids is 1. The van der Waals surface area contributed by atoms with Crippen LogP contribution in [0.1, 0.15) is 48.5 Å². The molecule has 0 unspecified atom stereocenters. The van der Waals surface area contributed by atoms with Gasteiger partial charge in [0.15, 0.2) is 0 Å². The van der Waals surface area contributed by atoms with Gasteiger partial charge in [0, 0.05) is 46.3 Å². The molecule has 0 aliphatic rings. The van der Waals surface area contributed by atoms with E-state index in [1.165, 1.54) is 17.7 Å². The van der Waals surface area contributed by atoms with E-state index in [1.807, 2.05) is 41.5 Å². The zero-order valence-electron chi connectivity index (χ0n) is 15.6. The van der Waals surface area contributed by atoms with E-state index < -0.39 is 0 Å². The van der Waals surface area contributed by atoms with Crippen LogP contribution in [0.5, 0.6) is 0 Å². The van der Waals surface area contributed by atoms with Gasteiger partial charge in [-0.1, -0.05) is 90.1 Å². The Morgan fingerprint density at radius 2 is 0.909 bits per heavy atom. The van der Waals surface area contributed by atoms with E-state index >= 15 is 0 Å². The number of hydrogen-bond acceptors (Lipinski definition) is 1. The van der Waals surface area contributed by atoms with Crippen molar-refractivity contribution in [3.63, 3.8) is 0 Å². The molecule has 0 aliphatic carbocycles. The minimum atomic E-state index is 0. The summed E-state index contributed by atoms with van der Waals surface area (Å²) in [4.78, 5) is 9.70. The van der Waals surface area contributed by atoms with Crippen LogP contribution in [0, 0.1) is 32.3 Å². The summed E-state index contributed by atoms with van der Waals surface area (Å²) < 4.78 is 0. The summed E-state index contributed by atoms with van der Waals surface area (Å²) in [6, 6.07) is 16.7. The van der Waals surface area contributed by atoms with Gasteiger partial charge in [-0.05, 0) is 10.8 Å². The minimum absolute atomic E-state index is 0. The van der Waals surface area contributed by atoms with Crippen molar-refractivity contribution in [2.24, 2.45) is 0 Å². The summed E-state index contributed by atoms with van der Waals surface area (Å²) in [6.45, 7) is 13.5. The number of benzene rings is 2. The van der Waals surface area contributed by atoms with Gasteiger partial charge >= 0.3 is 0 Å². The maximum atomic E-state index is 9.70. The average molecular weight is 523 g/mol. The van der Waals surface area contributed by atoms with Crippen molar-refractivity contribution in [2.45, 2.75) is 48.5 Å². The van der Waals surface area contributed by atoms with E-state index in [2.05, 4.69) is 53.8 Å². The maximum absolute atomic E-state index is 9.70. The zero-order valence-corrected chi connectivity index (χ0v) is 20.4. The number of amides is 1. The summed E-state index contributed by atoms with van der Waals surface area (Å²) in [5.41, 5.74) is 0. The van der Waals surface area contributed by atoms with Gasteiger partial charge in [-0.25, -0.2) is 0 Å². The molecule has 3 heteroatoms. The van der Waals surface area contributed by atoms with Crippen LogP contribution in [-0.2, 0) is 4.79 Å². The van der Waals surface area contributed by atoms with Gasteiger partial charge in [-0.3, -0.25) is 4.79 Å². The standard InChI is InChI=1S/C10H8.C3H7NO.3C2H6.Pa/c1-2-6-10-8-4-3-7-9(10)5-1;1-3(5)4-2;3*1-2;/h1-8H;1-2H3,(H,4,5);3*1-2H3;. The van der Waals surface area contributed by atoms with Gasteiger partial charge in [0.1, 0.15) is 0 Å². The van der Waals surface area contributed by atoms with Crippen LogP contribution in [0.4, 0.5) is 0 Å². The molecule has 22 heavy (non-hydrogen) atoms. The molecule has 0 saturated carbocycles. The molecule has 2 aromatic rings. The summed E-state index contributed by atoms with van der Waals surface area (Å²) in [5, 5.41) is 5.01. The van der Waals surface area contributed by atoms with Crippen LogP contribution in [0.3, 0.4) is 0 Å².